The lowest BCUT2D eigenvalue weighted by Crippen LogP contribution is -2.29. The van der Waals surface area contributed by atoms with Crippen LogP contribution in [0.1, 0.15) is 5.56 Å². The fourth-order valence-corrected chi connectivity index (χ4v) is 4.09. The van der Waals surface area contributed by atoms with Gasteiger partial charge in [0.2, 0.25) is 0 Å². The molecule has 0 aliphatic carbocycles. The average molecular weight is 265 g/mol. The molecule has 19 heavy (non-hydrogen) atoms. The van der Waals surface area contributed by atoms with E-state index in [9.17, 15) is 0 Å². The minimum absolute atomic E-state index is 0.870. The van der Waals surface area contributed by atoms with Gasteiger partial charge in [-0.05, 0) is 12.1 Å². The zero-order valence-corrected chi connectivity index (χ0v) is 10.8. The second-order valence-electron chi connectivity index (χ2n) is 4.76. The van der Waals surface area contributed by atoms with Crippen molar-refractivity contribution in [2.75, 3.05) is 0 Å². The van der Waals surface area contributed by atoms with Crippen LogP contribution < -0.4 is 4.57 Å². The van der Waals surface area contributed by atoms with E-state index < -0.39 is 0 Å². The molecule has 0 unspecified atom stereocenters. The summed E-state index contributed by atoms with van der Waals surface area (Å²) in [6.07, 6.45) is 3.61. The summed E-state index contributed by atoms with van der Waals surface area (Å²) in [6, 6.07) is 10.6. The maximum Gasteiger partial charge on any atom is 0.393 e. The third-order valence-corrected chi connectivity index (χ3v) is 4.93. The Morgan fingerprint density at radius 3 is 3.16 bits per heavy atom. The van der Waals surface area contributed by atoms with Crippen LogP contribution in [-0.4, -0.2) is 4.98 Å². The SMILES string of the molecule is c1ccc2c(c1)C[n+]1c-2sc2c3ccncc3oc21. The van der Waals surface area contributed by atoms with Crippen LogP contribution >= 0.6 is 11.3 Å². The first kappa shape index (κ1) is 9.69. The van der Waals surface area contributed by atoms with Gasteiger partial charge in [0.1, 0.15) is 0 Å². The molecule has 0 amide bonds. The highest BCUT2D eigenvalue weighted by Gasteiger charge is 2.34. The summed E-state index contributed by atoms with van der Waals surface area (Å²) in [6.45, 7) is 0.902. The van der Waals surface area contributed by atoms with E-state index in [1.165, 1.54) is 20.8 Å². The van der Waals surface area contributed by atoms with E-state index in [0.717, 1.165) is 23.2 Å². The van der Waals surface area contributed by atoms with Crippen LogP contribution in [0.2, 0.25) is 0 Å². The van der Waals surface area contributed by atoms with Crippen molar-refractivity contribution in [2.45, 2.75) is 6.54 Å². The fourth-order valence-electron chi connectivity index (χ4n) is 2.82. The van der Waals surface area contributed by atoms with Gasteiger partial charge in [0.05, 0.1) is 11.8 Å². The van der Waals surface area contributed by atoms with Gasteiger partial charge in [-0.3, -0.25) is 4.98 Å². The molecule has 0 atom stereocenters. The number of aromatic nitrogens is 2. The van der Waals surface area contributed by atoms with Gasteiger partial charge in [0.25, 0.3) is 5.01 Å². The van der Waals surface area contributed by atoms with Crippen LogP contribution in [0.15, 0.2) is 47.1 Å². The van der Waals surface area contributed by atoms with E-state index in [1.54, 1.807) is 17.5 Å². The number of hydrogen-bond acceptors (Lipinski definition) is 3. The standard InChI is InChI=1S/C15H9N2OS/c1-2-4-10-9(3-1)8-17-14-13(19-15(10)17)11-5-6-16-7-12(11)18-14/h1-7H,8H2/q+1. The molecule has 3 nitrogen and oxygen atoms in total. The molecule has 3 aromatic heterocycles. The van der Waals surface area contributed by atoms with Crippen molar-refractivity contribution in [3.8, 4) is 10.6 Å². The summed E-state index contributed by atoms with van der Waals surface area (Å²) >= 11 is 1.81. The zero-order valence-electron chi connectivity index (χ0n) is 9.96. The fraction of sp³-hybridized carbons (Fsp3) is 0.0667. The van der Waals surface area contributed by atoms with E-state index in [4.69, 9.17) is 4.42 Å². The lowest BCUT2D eigenvalue weighted by molar-refractivity contribution is -0.648. The molecular formula is C15H9N2OS+. The summed E-state index contributed by atoms with van der Waals surface area (Å²) < 4.78 is 9.47. The van der Waals surface area contributed by atoms with Crippen molar-refractivity contribution in [2.24, 2.45) is 0 Å². The topological polar surface area (TPSA) is 29.9 Å². The van der Waals surface area contributed by atoms with Crippen LogP contribution in [0.5, 0.6) is 0 Å². The Hall–Kier alpha value is -2.20. The minimum atomic E-state index is 0.870. The Balaban J connectivity index is 1.93. The molecule has 0 N–H and O–H groups in total. The van der Waals surface area contributed by atoms with Gasteiger partial charge < -0.3 is 4.42 Å². The highest BCUT2D eigenvalue weighted by Crippen LogP contribution is 2.39. The van der Waals surface area contributed by atoms with Gasteiger partial charge >= 0.3 is 5.71 Å². The van der Waals surface area contributed by atoms with Gasteiger partial charge in [-0.2, -0.15) is 0 Å². The molecule has 1 aliphatic heterocycles. The molecule has 90 valence electrons. The highest BCUT2D eigenvalue weighted by molar-refractivity contribution is 7.22. The van der Waals surface area contributed by atoms with Crippen LogP contribution in [0.3, 0.4) is 0 Å². The lowest BCUT2D eigenvalue weighted by atomic mass is 10.1. The summed E-state index contributed by atoms with van der Waals surface area (Å²) in [5, 5.41) is 2.46. The number of fused-ring (bicyclic) bond motifs is 7. The Bertz CT molecular complexity index is 951. The monoisotopic (exact) mass is 265 g/mol. The summed E-state index contributed by atoms with van der Waals surface area (Å²) in [7, 11) is 0. The van der Waals surface area contributed by atoms with Crippen molar-refractivity contribution in [3.63, 3.8) is 0 Å². The van der Waals surface area contributed by atoms with Crippen molar-refractivity contribution >= 4 is 32.7 Å². The molecule has 0 spiro atoms. The maximum atomic E-state index is 5.98. The first-order valence-corrected chi connectivity index (χ1v) is 7.00. The summed E-state index contributed by atoms with van der Waals surface area (Å²) in [5.74, 6) is 0. The smallest absolute Gasteiger partial charge is 0.393 e. The Kier molecular flexibility index (Phi) is 1.64. The molecule has 0 fully saturated rings. The number of hydrogen-bond donors (Lipinski definition) is 0. The highest BCUT2D eigenvalue weighted by atomic mass is 32.1. The summed E-state index contributed by atoms with van der Waals surface area (Å²) in [4.78, 5) is 4.12. The molecule has 0 saturated carbocycles. The number of nitrogens with zero attached hydrogens (tertiary/aromatic N) is 2. The largest absolute Gasteiger partial charge is 0.402 e. The molecule has 4 heteroatoms. The molecule has 4 heterocycles. The number of pyridine rings is 1. The van der Waals surface area contributed by atoms with Crippen molar-refractivity contribution < 1.29 is 8.98 Å². The predicted octanol–water partition coefficient (Wildman–Crippen LogP) is 3.36. The molecule has 5 rings (SSSR count). The molecule has 0 radical (unpaired) electrons. The second kappa shape index (κ2) is 3.22. The molecular weight excluding hydrogens is 256 g/mol. The second-order valence-corrected chi connectivity index (χ2v) is 5.76. The molecule has 1 aromatic carbocycles. The van der Waals surface area contributed by atoms with Gasteiger partial charge in [-0.15, -0.1) is 4.57 Å². The zero-order chi connectivity index (χ0) is 12.4. The van der Waals surface area contributed by atoms with Crippen LogP contribution in [0, 0.1) is 0 Å². The molecule has 1 aliphatic rings. The summed E-state index contributed by atoms with van der Waals surface area (Å²) in [5.41, 5.74) is 4.55. The van der Waals surface area contributed by atoms with Crippen LogP contribution in [-0.2, 0) is 6.54 Å². The third-order valence-electron chi connectivity index (χ3n) is 3.70. The average Bonchev–Trinajstić information content (AvgIpc) is 3.07. The number of benzene rings is 1. The Morgan fingerprint density at radius 1 is 1.21 bits per heavy atom. The van der Waals surface area contributed by atoms with Crippen LogP contribution in [0.25, 0.3) is 32.0 Å². The van der Waals surface area contributed by atoms with Crippen molar-refractivity contribution in [3.05, 3.63) is 48.3 Å². The van der Waals surface area contributed by atoms with E-state index in [0.29, 0.717) is 0 Å². The van der Waals surface area contributed by atoms with Gasteiger partial charge in [0, 0.05) is 17.1 Å². The molecule has 0 bridgehead atoms. The predicted molar refractivity (Wildman–Crippen MR) is 74.1 cm³/mol. The quantitative estimate of drug-likeness (QED) is 0.402. The van der Waals surface area contributed by atoms with Crippen molar-refractivity contribution in [1.29, 1.82) is 0 Å². The van der Waals surface area contributed by atoms with E-state index >= 15 is 0 Å². The molecule has 0 saturated heterocycles. The normalized spacial score (nSPS) is 13.1. The molecule has 4 aromatic rings. The lowest BCUT2D eigenvalue weighted by Gasteiger charge is -1.89. The van der Waals surface area contributed by atoms with Gasteiger partial charge in [-0.25, -0.2) is 0 Å². The number of furan rings is 1. The Morgan fingerprint density at radius 2 is 2.16 bits per heavy atom. The maximum absolute atomic E-state index is 5.98. The first-order chi connectivity index (χ1) is 9.42. The first-order valence-electron chi connectivity index (χ1n) is 6.19. The van der Waals surface area contributed by atoms with E-state index in [-0.39, 0.29) is 0 Å². The van der Waals surface area contributed by atoms with Crippen LogP contribution in [0.4, 0.5) is 0 Å². The van der Waals surface area contributed by atoms with Crippen molar-refractivity contribution in [1.82, 2.24) is 4.98 Å². The third kappa shape index (κ3) is 1.12. The van der Waals surface area contributed by atoms with Gasteiger partial charge in [0.15, 0.2) is 16.8 Å². The minimum Gasteiger partial charge on any atom is -0.402 e. The van der Waals surface area contributed by atoms with Gasteiger partial charge in [-0.1, -0.05) is 29.5 Å². The number of thiazole rings is 1. The Labute approximate surface area is 112 Å². The van der Waals surface area contributed by atoms with E-state index in [1.807, 2.05) is 12.3 Å². The number of rotatable bonds is 0. The van der Waals surface area contributed by atoms with E-state index in [2.05, 4.69) is 33.8 Å².